The van der Waals surface area contributed by atoms with Gasteiger partial charge in [-0.3, -0.25) is 0 Å². The molecule has 59 heavy (non-hydrogen) atoms. The summed E-state index contributed by atoms with van der Waals surface area (Å²) in [4.78, 5) is 0. The minimum absolute atomic E-state index is 0.0466. The van der Waals surface area contributed by atoms with Crippen molar-refractivity contribution < 1.29 is 22.7 Å². The molecule has 7 rings (SSSR count). The molecule has 1 heterocycles. The minimum atomic E-state index is -2.48. The molecule has 1 saturated heterocycles. The quantitative estimate of drug-likeness (QED) is 0.0666. The Labute approximate surface area is 365 Å². The predicted octanol–water partition coefficient (Wildman–Crippen LogP) is 14.0. The van der Waals surface area contributed by atoms with Crippen molar-refractivity contribution in [2.24, 2.45) is 0 Å². The van der Waals surface area contributed by atoms with E-state index in [2.05, 4.69) is 184 Å². The van der Waals surface area contributed by atoms with Gasteiger partial charge in [-0.25, -0.2) is 0 Å². The van der Waals surface area contributed by atoms with Crippen molar-refractivity contribution >= 4 is 34.8 Å². The number of hydrogen-bond acceptors (Lipinski definition) is 1. The van der Waals surface area contributed by atoms with Crippen molar-refractivity contribution in [3.05, 3.63) is 184 Å². The molecular formula is C56H61OOsP+. The van der Waals surface area contributed by atoms with Crippen molar-refractivity contribution in [2.45, 2.75) is 97.3 Å². The molecule has 3 heteroatoms. The molecular weight excluding hydrogens is 910 g/mol. The maximum absolute atomic E-state index is 6.18. The van der Waals surface area contributed by atoms with Crippen molar-refractivity contribution in [3.63, 3.8) is 0 Å². The van der Waals surface area contributed by atoms with E-state index >= 15 is 0 Å². The SMILES string of the molecule is CC=C1COCC1=CC(=C([C]#[Os])[P+](c1ccccc1)(c1ccccc1)c1ccccc1)c1ccc2c(c1)C(CCCCCC)(CCCCCC)c1cc(/C=C/C)ccc1-2. The summed E-state index contributed by atoms with van der Waals surface area (Å²) in [5.74, 6) is 0. The van der Waals surface area contributed by atoms with Gasteiger partial charge in [0.1, 0.15) is 0 Å². The summed E-state index contributed by atoms with van der Waals surface area (Å²) in [6.07, 6.45) is 21.6. The fourth-order valence-corrected chi connectivity index (χ4v) is 15.6. The predicted molar refractivity (Wildman–Crippen MR) is 253 cm³/mol. The fraction of sp³-hybridized carbons (Fsp3) is 0.304. The van der Waals surface area contributed by atoms with Gasteiger partial charge in [-0.2, -0.15) is 0 Å². The molecule has 5 aromatic carbocycles. The molecule has 1 aliphatic carbocycles. The van der Waals surface area contributed by atoms with Crippen molar-refractivity contribution in [3.8, 4) is 15.5 Å². The molecule has 0 bridgehead atoms. The Kier molecular flexibility index (Phi) is 14.9. The molecule has 0 radical (unpaired) electrons. The van der Waals surface area contributed by atoms with Gasteiger partial charge in [-0.15, -0.1) is 0 Å². The third kappa shape index (κ3) is 8.73. The average Bonchev–Trinajstić information content (AvgIpc) is 3.85. The van der Waals surface area contributed by atoms with Gasteiger partial charge in [0.15, 0.2) is 0 Å². The molecule has 1 nitrogen and oxygen atoms in total. The summed E-state index contributed by atoms with van der Waals surface area (Å²) in [6.45, 7) is 10.2. The zero-order chi connectivity index (χ0) is 41.1. The molecule has 0 amide bonds. The van der Waals surface area contributed by atoms with E-state index in [0.717, 1.165) is 0 Å². The van der Waals surface area contributed by atoms with Gasteiger partial charge in [-0.05, 0) is 6.92 Å². The van der Waals surface area contributed by atoms with Crippen LogP contribution in [0.15, 0.2) is 162 Å². The zero-order valence-corrected chi connectivity index (χ0v) is 39.1. The number of rotatable bonds is 17. The van der Waals surface area contributed by atoms with Crippen LogP contribution in [0, 0.1) is 4.37 Å². The summed E-state index contributed by atoms with van der Waals surface area (Å²) in [7, 11) is -2.48. The molecule has 303 valence electrons. The zero-order valence-electron chi connectivity index (χ0n) is 35.6. The van der Waals surface area contributed by atoms with E-state index in [0.29, 0.717) is 13.2 Å². The van der Waals surface area contributed by atoms with Crippen molar-refractivity contribution in [1.29, 1.82) is 0 Å². The second kappa shape index (κ2) is 20.4. The van der Waals surface area contributed by atoms with Gasteiger partial charge in [0, 0.05) is 0 Å². The van der Waals surface area contributed by atoms with Crippen LogP contribution in [0.2, 0.25) is 0 Å². The van der Waals surface area contributed by atoms with Crippen LogP contribution in [0.25, 0.3) is 22.8 Å². The van der Waals surface area contributed by atoms with E-state index in [1.807, 2.05) is 17.9 Å². The normalized spacial score (nSPS) is 16.3. The molecule has 0 saturated carbocycles. The van der Waals surface area contributed by atoms with E-state index in [1.165, 1.54) is 136 Å². The van der Waals surface area contributed by atoms with E-state index in [-0.39, 0.29) is 5.41 Å². The van der Waals surface area contributed by atoms with Crippen LogP contribution >= 0.6 is 7.26 Å². The van der Waals surface area contributed by atoms with Gasteiger partial charge in [0.05, 0.1) is 0 Å². The van der Waals surface area contributed by atoms with Crippen LogP contribution in [0.1, 0.15) is 114 Å². The third-order valence-corrected chi connectivity index (χ3v) is 18.0. The Morgan fingerprint density at radius 3 is 1.68 bits per heavy atom. The second-order valence-electron chi connectivity index (χ2n) is 16.3. The Hall–Kier alpha value is -4.13. The summed E-state index contributed by atoms with van der Waals surface area (Å²) >= 11 is 1.88. The average molecular weight is 971 g/mol. The Balaban J connectivity index is 1.57. The molecule has 1 aliphatic heterocycles. The third-order valence-electron chi connectivity index (χ3n) is 12.7. The van der Waals surface area contributed by atoms with E-state index in [1.54, 1.807) is 0 Å². The Morgan fingerprint density at radius 2 is 1.17 bits per heavy atom. The van der Waals surface area contributed by atoms with Crippen molar-refractivity contribution in [2.75, 3.05) is 13.2 Å². The summed E-state index contributed by atoms with van der Waals surface area (Å²) < 4.78 is 10.2. The number of hydrogen-bond donors (Lipinski definition) is 0. The summed E-state index contributed by atoms with van der Waals surface area (Å²) in [5.41, 5.74) is 12.2. The monoisotopic (exact) mass is 972 g/mol. The van der Waals surface area contributed by atoms with Gasteiger partial charge in [0.2, 0.25) is 0 Å². The first kappa shape index (κ1) is 43.0. The number of benzene rings is 5. The van der Waals surface area contributed by atoms with Crippen LogP contribution in [-0.2, 0) is 28.1 Å². The first-order valence-corrected chi connectivity index (χ1v) is 25.1. The van der Waals surface area contributed by atoms with Crippen LogP contribution in [-0.4, -0.2) is 13.2 Å². The second-order valence-corrected chi connectivity index (χ2v) is 20.2. The molecule has 0 atom stereocenters. The first-order chi connectivity index (χ1) is 29.0. The van der Waals surface area contributed by atoms with Crippen LogP contribution in [0.3, 0.4) is 0 Å². The van der Waals surface area contributed by atoms with Crippen molar-refractivity contribution in [1.82, 2.24) is 0 Å². The molecule has 5 aromatic rings. The molecule has 2 aliphatic rings. The number of unbranched alkanes of at least 4 members (excludes halogenated alkanes) is 6. The van der Waals surface area contributed by atoms with Gasteiger partial charge < -0.3 is 0 Å². The van der Waals surface area contributed by atoms with Crippen LogP contribution in [0.5, 0.6) is 0 Å². The fourth-order valence-electron chi connectivity index (χ4n) is 9.75. The van der Waals surface area contributed by atoms with Gasteiger partial charge in [-0.1, -0.05) is 13.8 Å². The van der Waals surface area contributed by atoms with Gasteiger partial charge in [0.25, 0.3) is 0 Å². The summed E-state index contributed by atoms with van der Waals surface area (Å²) in [5, 5.41) is 5.28. The Bertz CT molecular complexity index is 2250. The van der Waals surface area contributed by atoms with Gasteiger partial charge >= 0.3 is 347 Å². The van der Waals surface area contributed by atoms with Crippen LogP contribution in [0.4, 0.5) is 0 Å². The molecule has 0 aromatic heterocycles. The summed E-state index contributed by atoms with van der Waals surface area (Å²) in [6, 6.07) is 48.7. The Morgan fingerprint density at radius 1 is 0.644 bits per heavy atom. The molecule has 1 fully saturated rings. The maximum atomic E-state index is 6.18. The van der Waals surface area contributed by atoms with Crippen LogP contribution < -0.4 is 15.9 Å². The molecule has 0 spiro atoms. The molecule has 0 unspecified atom stereocenters. The number of ether oxygens (including phenoxy) is 1. The van der Waals surface area contributed by atoms with E-state index in [4.69, 9.17) is 4.74 Å². The molecule has 0 N–H and O–H groups in total. The topological polar surface area (TPSA) is 9.23 Å². The first-order valence-electron chi connectivity index (χ1n) is 22.1. The standard InChI is InChI=1S/C56H61OP.Os/c1-6-10-12-23-36-56(37-24-13-11-7-2)54-38-44(25-8-3)32-34-51(54)52-35-33-46(40-55(52)56)53(39-47-42-57-41-45(47)9-4)43(5)58(48-26-17-14-18-27-48,49-28-19-15-20-29-49)50-30-21-16-22-31-50;/h8-9,14-22,25-35,38-40H,6-7,10-13,23-24,36-37,41-42H2,1-4H3;/q+1;/b25-8+,45-9?,47-39?,53-43?;. The van der Waals surface area contributed by atoms with E-state index < -0.39 is 7.26 Å². The number of allylic oxidation sites excluding steroid dienone is 5. The van der Waals surface area contributed by atoms with E-state index in [9.17, 15) is 0 Å². The number of fused-ring (bicyclic) bond motifs is 3.